The first-order chi connectivity index (χ1) is 14.3. The molecule has 3 aromatic rings. The second-order valence-corrected chi connectivity index (χ2v) is 9.04. The number of nitrogens with one attached hydrogen (secondary N) is 2. The third-order valence-corrected chi connectivity index (χ3v) is 6.15. The van der Waals surface area contributed by atoms with E-state index in [0.717, 1.165) is 5.56 Å². The summed E-state index contributed by atoms with van der Waals surface area (Å²) in [6.45, 7) is 0.0605. The number of sulfonamides is 1. The summed E-state index contributed by atoms with van der Waals surface area (Å²) in [5, 5.41) is 14.2. The van der Waals surface area contributed by atoms with Crippen LogP contribution in [0.2, 0.25) is 0 Å². The molecule has 10 nitrogen and oxygen atoms in total. The van der Waals surface area contributed by atoms with Crippen LogP contribution in [0.5, 0.6) is 5.88 Å². The summed E-state index contributed by atoms with van der Waals surface area (Å²) >= 11 is 0. The van der Waals surface area contributed by atoms with Crippen LogP contribution >= 0.6 is 0 Å². The fourth-order valence-corrected chi connectivity index (χ4v) is 4.23. The molecular formula is C17H21F2N7O3S. The van der Waals surface area contributed by atoms with Crippen molar-refractivity contribution in [1.82, 2.24) is 29.1 Å². The van der Waals surface area contributed by atoms with Gasteiger partial charge in [0.25, 0.3) is 6.43 Å². The molecule has 0 aromatic carbocycles. The van der Waals surface area contributed by atoms with Crippen LogP contribution in [0.3, 0.4) is 0 Å². The maximum atomic E-state index is 12.7. The van der Waals surface area contributed by atoms with Crippen LogP contribution in [0.15, 0.2) is 24.5 Å². The number of hydrogen-bond acceptors (Lipinski definition) is 7. The molecule has 0 spiro atoms. The molecule has 30 heavy (non-hydrogen) atoms. The van der Waals surface area contributed by atoms with Gasteiger partial charge in [-0.25, -0.2) is 21.5 Å². The van der Waals surface area contributed by atoms with E-state index in [0.29, 0.717) is 43.1 Å². The van der Waals surface area contributed by atoms with Crippen molar-refractivity contribution >= 4 is 21.6 Å². The normalized spacial score (nSPS) is 16.4. The van der Waals surface area contributed by atoms with Gasteiger partial charge in [-0.2, -0.15) is 14.6 Å². The lowest BCUT2D eigenvalue weighted by Gasteiger charge is -2.30. The van der Waals surface area contributed by atoms with Crippen LogP contribution < -0.4 is 10.1 Å². The Hall–Kier alpha value is -2.80. The number of alkyl halides is 2. The standard InChI is InChI=1S/C17H21F2N7O3S/c1-30(27,28)25-4-2-13(3-5-25)22-17-23-15-6-11(12-8-20-21-9-12)7-16(26(15)24-17)29-10-14(18)19/h6-9,13-14H,2-5,10H2,1H3,(H,20,21)(H,22,24). The number of nitrogens with zero attached hydrogens (tertiary/aromatic N) is 5. The second kappa shape index (κ2) is 8.14. The molecule has 4 heterocycles. The van der Waals surface area contributed by atoms with Crippen LogP contribution in [-0.4, -0.2) is 75.9 Å². The van der Waals surface area contributed by atoms with E-state index in [1.165, 1.54) is 15.1 Å². The van der Waals surface area contributed by atoms with Gasteiger partial charge in [-0.1, -0.05) is 0 Å². The molecule has 1 saturated heterocycles. The molecule has 13 heteroatoms. The van der Waals surface area contributed by atoms with E-state index in [1.807, 2.05) is 0 Å². The van der Waals surface area contributed by atoms with E-state index in [4.69, 9.17) is 4.74 Å². The van der Waals surface area contributed by atoms with Crippen LogP contribution in [-0.2, 0) is 10.0 Å². The van der Waals surface area contributed by atoms with Crippen molar-refractivity contribution in [3.05, 3.63) is 24.5 Å². The zero-order valence-electron chi connectivity index (χ0n) is 16.1. The third kappa shape index (κ3) is 4.51. The summed E-state index contributed by atoms with van der Waals surface area (Å²) in [6, 6.07) is 3.35. The minimum Gasteiger partial charge on any atom is -0.471 e. The molecule has 0 atom stereocenters. The van der Waals surface area contributed by atoms with Gasteiger partial charge in [-0.15, -0.1) is 5.10 Å². The highest BCUT2D eigenvalue weighted by Crippen LogP contribution is 2.27. The molecule has 1 aliphatic rings. The Kier molecular flexibility index (Phi) is 5.56. The van der Waals surface area contributed by atoms with Crippen molar-refractivity contribution in [3.63, 3.8) is 0 Å². The maximum Gasteiger partial charge on any atom is 0.272 e. The van der Waals surface area contributed by atoms with Crippen molar-refractivity contribution < 1.29 is 21.9 Å². The second-order valence-electron chi connectivity index (χ2n) is 7.06. The van der Waals surface area contributed by atoms with Gasteiger partial charge in [0.2, 0.25) is 21.9 Å². The van der Waals surface area contributed by atoms with Crippen LogP contribution in [0.4, 0.5) is 14.7 Å². The highest BCUT2D eigenvalue weighted by Gasteiger charge is 2.25. The van der Waals surface area contributed by atoms with Crippen molar-refractivity contribution in [2.75, 3.05) is 31.3 Å². The number of aromatic nitrogens is 5. The summed E-state index contributed by atoms with van der Waals surface area (Å²) in [7, 11) is -3.20. The van der Waals surface area contributed by atoms with Gasteiger partial charge in [0.05, 0.1) is 12.5 Å². The summed E-state index contributed by atoms with van der Waals surface area (Å²) < 4.78 is 56.7. The van der Waals surface area contributed by atoms with Crippen molar-refractivity contribution in [1.29, 1.82) is 0 Å². The Bertz CT molecular complexity index is 1110. The zero-order chi connectivity index (χ0) is 21.3. The number of hydrogen-bond donors (Lipinski definition) is 2. The van der Waals surface area contributed by atoms with Crippen molar-refractivity contribution in [2.24, 2.45) is 0 Å². The number of rotatable bonds is 7. The number of anilines is 1. The number of piperidine rings is 1. The lowest BCUT2D eigenvalue weighted by molar-refractivity contribution is 0.0784. The topological polar surface area (TPSA) is 118 Å². The molecule has 0 radical (unpaired) electrons. The first kappa shape index (κ1) is 20.5. The molecule has 3 aromatic heterocycles. The molecule has 2 N–H and O–H groups in total. The number of halogens is 2. The highest BCUT2D eigenvalue weighted by atomic mass is 32.2. The molecule has 0 aliphatic carbocycles. The minimum atomic E-state index is -3.20. The Morgan fingerprint density at radius 2 is 2.07 bits per heavy atom. The molecule has 0 amide bonds. The summed E-state index contributed by atoms with van der Waals surface area (Å²) in [4.78, 5) is 4.44. The molecule has 0 bridgehead atoms. The van der Waals surface area contributed by atoms with Crippen LogP contribution in [0.25, 0.3) is 16.8 Å². The van der Waals surface area contributed by atoms with E-state index in [9.17, 15) is 17.2 Å². The Labute approximate surface area is 171 Å². The molecule has 162 valence electrons. The van der Waals surface area contributed by atoms with E-state index < -0.39 is 23.1 Å². The smallest absolute Gasteiger partial charge is 0.272 e. The summed E-state index contributed by atoms with van der Waals surface area (Å²) in [5.41, 5.74) is 1.88. The molecule has 1 fully saturated rings. The quantitative estimate of drug-likeness (QED) is 0.572. The van der Waals surface area contributed by atoms with Crippen molar-refractivity contribution in [2.45, 2.75) is 25.3 Å². The first-order valence-electron chi connectivity index (χ1n) is 9.32. The van der Waals surface area contributed by atoms with Crippen LogP contribution in [0.1, 0.15) is 12.8 Å². The molecule has 1 aliphatic heterocycles. The van der Waals surface area contributed by atoms with E-state index >= 15 is 0 Å². The lowest BCUT2D eigenvalue weighted by atomic mass is 10.1. The van der Waals surface area contributed by atoms with Gasteiger partial charge in [-0.3, -0.25) is 5.10 Å². The van der Waals surface area contributed by atoms with Gasteiger partial charge in [0.1, 0.15) is 0 Å². The molecule has 4 rings (SSSR count). The van der Waals surface area contributed by atoms with E-state index in [1.54, 1.807) is 24.5 Å². The molecular weight excluding hydrogens is 420 g/mol. The van der Waals surface area contributed by atoms with Gasteiger partial charge < -0.3 is 10.1 Å². The number of aromatic amines is 1. The molecule has 0 unspecified atom stereocenters. The van der Waals surface area contributed by atoms with Crippen LogP contribution in [0, 0.1) is 0 Å². The summed E-state index contributed by atoms with van der Waals surface area (Å²) in [6.07, 6.45) is 3.07. The number of ether oxygens (including phenoxy) is 1. The van der Waals surface area contributed by atoms with E-state index in [-0.39, 0.29) is 11.9 Å². The van der Waals surface area contributed by atoms with Crippen molar-refractivity contribution in [3.8, 4) is 17.0 Å². The third-order valence-electron chi connectivity index (χ3n) is 4.85. The minimum absolute atomic E-state index is 0.000751. The number of fused-ring (bicyclic) bond motifs is 1. The highest BCUT2D eigenvalue weighted by molar-refractivity contribution is 7.88. The Balaban J connectivity index is 1.57. The van der Waals surface area contributed by atoms with Gasteiger partial charge in [0, 0.05) is 37.0 Å². The average molecular weight is 441 g/mol. The largest absolute Gasteiger partial charge is 0.471 e. The Morgan fingerprint density at radius 3 is 2.70 bits per heavy atom. The fourth-order valence-electron chi connectivity index (χ4n) is 3.36. The first-order valence-corrected chi connectivity index (χ1v) is 11.2. The zero-order valence-corrected chi connectivity index (χ0v) is 16.9. The average Bonchev–Trinajstić information content (AvgIpc) is 3.35. The monoisotopic (exact) mass is 441 g/mol. The summed E-state index contributed by atoms with van der Waals surface area (Å²) in [5.74, 6) is 0.454. The predicted octanol–water partition coefficient (Wildman–Crippen LogP) is 1.60. The molecule has 0 saturated carbocycles. The SMILES string of the molecule is CS(=O)(=O)N1CCC(Nc2nc3cc(-c4cn[nH]c4)cc(OCC(F)F)n3n2)CC1. The Morgan fingerprint density at radius 1 is 1.30 bits per heavy atom. The van der Waals surface area contributed by atoms with E-state index in [2.05, 4.69) is 25.6 Å². The predicted molar refractivity (Wildman–Crippen MR) is 105 cm³/mol. The fraction of sp³-hybridized carbons (Fsp3) is 0.471. The van der Waals surface area contributed by atoms with Gasteiger partial charge in [0.15, 0.2) is 12.3 Å². The maximum absolute atomic E-state index is 12.7. The van der Waals surface area contributed by atoms with Gasteiger partial charge in [-0.05, 0) is 24.5 Å². The lowest BCUT2D eigenvalue weighted by Crippen LogP contribution is -2.41. The van der Waals surface area contributed by atoms with Gasteiger partial charge >= 0.3 is 0 Å². The number of H-pyrrole nitrogens is 1. The number of pyridine rings is 1.